The zero-order chi connectivity index (χ0) is 15.2. The summed E-state index contributed by atoms with van der Waals surface area (Å²) in [5.74, 6) is 0. The van der Waals surface area contributed by atoms with Crippen LogP contribution in [0.3, 0.4) is 0 Å². The smallest absolute Gasteiger partial charge is 0.0707 e. The largest absolute Gasteiger partial charge is 0.383 e. The minimum atomic E-state index is 0. The van der Waals surface area contributed by atoms with Crippen LogP contribution in [0.15, 0.2) is 50.3 Å². The Kier molecular flexibility index (Phi) is 4.31. The second-order valence-electron chi connectivity index (χ2n) is 7.16. The summed E-state index contributed by atoms with van der Waals surface area (Å²) in [5.41, 5.74) is 7.41. The van der Waals surface area contributed by atoms with Gasteiger partial charge in [0.25, 0.3) is 0 Å². The third kappa shape index (κ3) is 3.07. The van der Waals surface area contributed by atoms with Gasteiger partial charge >= 0.3 is 0 Å². The molecule has 0 spiro atoms. The molecule has 0 aromatic heterocycles. The van der Waals surface area contributed by atoms with Crippen molar-refractivity contribution in [2.75, 3.05) is 0 Å². The third-order valence-corrected chi connectivity index (χ3v) is 5.44. The van der Waals surface area contributed by atoms with Gasteiger partial charge < -0.3 is 5.32 Å². The zero-order valence-corrected chi connectivity index (χ0v) is 14.8. The SMILES string of the molecule is C1=C2CCC(=N2)C=C2CCC(N2)C2CCC(=N2)C=C2CCC1=N2.[Fe]. The molecule has 5 rings (SSSR count). The minimum Gasteiger partial charge on any atom is -0.383 e. The Hall–Kier alpha value is -1.45. The van der Waals surface area contributed by atoms with E-state index in [0.717, 1.165) is 38.5 Å². The molecule has 126 valence electrons. The Morgan fingerprint density at radius 1 is 0.750 bits per heavy atom. The molecule has 24 heavy (non-hydrogen) atoms. The van der Waals surface area contributed by atoms with Gasteiger partial charge in [-0.15, -0.1) is 0 Å². The Bertz CT molecular complexity index is 738. The molecule has 0 aliphatic carbocycles. The monoisotopic (exact) mass is 362 g/mol. The topological polar surface area (TPSA) is 49.1 Å². The molecule has 5 aliphatic rings. The van der Waals surface area contributed by atoms with Gasteiger partial charge in [-0.05, 0) is 69.6 Å². The van der Waals surface area contributed by atoms with Gasteiger partial charge in [0.1, 0.15) is 0 Å². The molecule has 5 heterocycles. The van der Waals surface area contributed by atoms with Crippen LogP contribution in [0, 0.1) is 0 Å². The summed E-state index contributed by atoms with van der Waals surface area (Å²) in [5, 5.41) is 3.71. The molecule has 1 N–H and O–H groups in total. The number of hydrogen-bond acceptors (Lipinski definition) is 4. The van der Waals surface area contributed by atoms with E-state index in [1.165, 1.54) is 47.1 Å². The van der Waals surface area contributed by atoms with Crippen LogP contribution in [-0.4, -0.2) is 29.2 Å². The standard InChI is InChI=1S/C19H22N4.Fe/c1-3-14-10-16-5-7-18(22-16)19-8-6-17(23-19)11-15-4-2-13(21-15)9-12(1)20-14;/h9-11,18-19,22H,1-8H2;. The van der Waals surface area contributed by atoms with Crippen LogP contribution >= 0.6 is 0 Å². The zero-order valence-electron chi connectivity index (χ0n) is 13.7. The molecule has 0 amide bonds. The molecule has 2 atom stereocenters. The Labute approximate surface area is 153 Å². The second kappa shape index (κ2) is 6.45. The summed E-state index contributed by atoms with van der Waals surface area (Å²) in [4.78, 5) is 14.6. The molecule has 0 aromatic carbocycles. The summed E-state index contributed by atoms with van der Waals surface area (Å²) in [6.07, 6.45) is 15.5. The van der Waals surface area contributed by atoms with Crippen LogP contribution in [0.2, 0.25) is 0 Å². The summed E-state index contributed by atoms with van der Waals surface area (Å²) < 4.78 is 0. The van der Waals surface area contributed by atoms with E-state index in [4.69, 9.17) is 15.0 Å². The van der Waals surface area contributed by atoms with Crippen LogP contribution in [0.1, 0.15) is 51.4 Å². The minimum absolute atomic E-state index is 0. The van der Waals surface area contributed by atoms with E-state index in [-0.39, 0.29) is 17.1 Å². The number of hydrogen-bond donors (Lipinski definition) is 1. The fourth-order valence-electron chi connectivity index (χ4n) is 4.24. The molecule has 8 bridgehead atoms. The number of nitrogens with zero attached hydrogens (tertiary/aromatic N) is 3. The van der Waals surface area contributed by atoms with E-state index in [0.29, 0.717) is 12.1 Å². The van der Waals surface area contributed by atoms with Gasteiger partial charge in [-0.1, -0.05) is 0 Å². The molecule has 0 radical (unpaired) electrons. The van der Waals surface area contributed by atoms with Crippen molar-refractivity contribution in [3.05, 3.63) is 35.3 Å². The first-order chi connectivity index (χ1) is 11.3. The molecule has 5 heteroatoms. The van der Waals surface area contributed by atoms with E-state index in [1.54, 1.807) is 0 Å². The molecular formula is C19H22FeN4. The maximum Gasteiger partial charge on any atom is 0.0707 e. The fraction of sp³-hybridized carbons (Fsp3) is 0.526. The predicted octanol–water partition coefficient (Wildman–Crippen LogP) is 3.47. The first kappa shape index (κ1) is 16.0. The van der Waals surface area contributed by atoms with E-state index >= 15 is 0 Å². The maximum atomic E-state index is 4.98. The van der Waals surface area contributed by atoms with Gasteiger partial charge in [0.15, 0.2) is 0 Å². The fourth-order valence-corrected chi connectivity index (χ4v) is 4.24. The molecule has 1 saturated heterocycles. The van der Waals surface area contributed by atoms with Gasteiger partial charge in [-0.2, -0.15) is 0 Å². The third-order valence-electron chi connectivity index (χ3n) is 5.44. The summed E-state index contributed by atoms with van der Waals surface area (Å²) >= 11 is 0. The van der Waals surface area contributed by atoms with Gasteiger partial charge in [0.2, 0.25) is 0 Å². The van der Waals surface area contributed by atoms with Crippen LogP contribution < -0.4 is 5.32 Å². The normalized spacial score (nSPS) is 30.7. The van der Waals surface area contributed by atoms with Crippen LogP contribution in [0.25, 0.3) is 0 Å². The molecular weight excluding hydrogens is 340 g/mol. The first-order valence-electron chi connectivity index (χ1n) is 8.92. The van der Waals surface area contributed by atoms with Crippen molar-refractivity contribution in [1.29, 1.82) is 0 Å². The number of nitrogens with one attached hydrogen (secondary N) is 1. The number of allylic oxidation sites excluding steroid dienone is 6. The van der Waals surface area contributed by atoms with E-state index in [9.17, 15) is 0 Å². The van der Waals surface area contributed by atoms with E-state index in [2.05, 4.69) is 23.5 Å². The average Bonchev–Trinajstić information content (AvgIpc) is 3.28. The molecule has 1 fully saturated rings. The Balaban J connectivity index is 0.00000146. The number of rotatable bonds is 0. The summed E-state index contributed by atoms with van der Waals surface area (Å²) in [6.45, 7) is 0. The summed E-state index contributed by atoms with van der Waals surface area (Å²) in [7, 11) is 0. The molecule has 2 unspecified atom stereocenters. The maximum absolute atomic E-state index is 4.98. The van der Waals surface area contributed by atoms with Crippen molar-refractivity contribution >= 4 is 17.1 Å². The van der Waals surface area contributed by atoms with Crippen molar-refractivity contribution in [1.82, 2.24) is 5.32 Å². The van der Waals surface area contributed by atoms with Crippen LogP contribution in [0.5, 0.6) is 0 Å². The quantitative estimate of drug-likeness (QED) is 0.659. The molecule has 0 saturated carbocycles. The van der Waals surface area contributed by atoms with Gasteiger partial charge in [0, 0.05) is 57.3 Å². The first-order valence-corrected chi connectivity index (χ1v) is 8.92. The molecule has 5 aliphatic heterocycles. The van der Waals surface area contributed by atoms with Crippen LogP contribution in [0.4, 0.5) is 0 Å². The average molecular weight is 362 g/mol. The van der Waals surface area contributed by atoms with Crippen molar-refractivity contribution in [3.63, 3.8) is 0 Å². The van der Waals surface area contributed by atoms with Gasteiger partial charge in [0.05, 0.1) is 6.04 Å². The van der Waals surface area contributed by atoms with Crippen molar-refractivity contribution in [2.24, 2.45) is 15.0 Å². The predicted molar refractivity (Wildman–Crippen MR) is 94.2 cm³/mol. The van der Waals surface area contributed by atoms with E-state index < -0.39 is 0 Å². The van der Waals surface area contributed by atoms with Gasteiger partial charge in [-0.25, -0.2) is 0 Å². The number of aliphatic imine (C=N–C) groups is 3. The number of fused-ring (bicyclic) bond motifs is 6. The van der Waals surface area contributed by atoms with Crippen molar-refractivity contribution in [2.45, 2.75) is 63.5 Å². The van der Waals surface area contributed by atoms with Gasteiger partial charge in [-0.3, -0.25) is 15.0 Å². The second-order valence-corrected chi connectivity index (χ2v) is 7.16. The van der Waals surface area contributed by atoms with E-state index in [1.807, 2.05) is 0 Å². The van der Waals surface area contributed by atoms with Crippen LogP contribution in [-0.2, 0) is 17.1 Å². The van der Waals surface area contributed by atoms with Crippen molar-refractivity contribution in [3.8, 4) is 0 Å². The summed E-state index contributed by atoms with van der Waals surface area (Å²) in [6, 6.07) is 0.934. The molecule has 0 aromatic rings. The Morgan fingerprint density at radius 3 is 2.25 bits per heavy atom. The Morgan fingerprint density at radius 2 is 1.46 bits per heavy atom. The molecule has 4 nitrogen and oxygen atoms in total. The van der Waals surface area contributed by atoms with Crippen molar-refractivity contribution < 1.29 is 17.1 Å².